The maximum atomic E-state index is 12.6. The van der Waals surface area contributed by atoms with E-state index in [2.05, 4.69) is 15.4 Å². The molecule has 1 N–H and O–H groups in total. The third-order valence-corrected chi connectivity index (χ3v) is 4.75. The molecule has 0 fully saturated rings. The molecule has 1 amide bonds. The summed E-state index contributed by atoms with van der Waals surface area (Å²) in [6.45, 7) is 0.343. The monoisotopic (exact) mass is 406 g/mol. The number of halogens is 3. The minimum atomic E-state index is -4.47. The van der Waals surface area contributed by atoms with Crippen molar-refractivity contribution in [3.8, 4) is 5.69 Å². The summed E-state index contributed by atoms with van der Waals surface area (Å²) in [5.74, 6) is 0.890. The predicted molar refractivity (Wildman–Crippen MR) is 101 cm³/mol. The van der Waals surface area contributed by atoms with Gasteiger partial charge in [0.25, 0.3) is 0 Å². The Kier molecular flexibility index (Phi) is 6.35. The standard InChI is InChI=1S/C19H17F3N4OS/c20-19(21,22)17-8-10-26(25-17)16-6-4-14(5-7-16)11-24-18(27)13-28-12-15-3-1-2-9-23-15/h1-10H,11-13H2,(H,24,27). The Labute approximate surface area is 164 Å². The number of pyridine rings is 1. The molecule has 0 unspecified atom stereocenters. The van der Waals surface area contributed by atoms with Crippen LogP contribution in [0.1, 0.15) is 17.0 Å². The Balaban J connectivity index is 1.46. The van der Waals surface area contributed by atoms with Gasteiger partial charge in [-0.1, -0.05) is 18.2 Å². The minimum absolute atomic E-state index is 0.0908. The van der Waals surface area contributed by atoms with Crippen LogP contribution in [-0.4, -0.2) is 26.4 Å². The molecule has 28 heavy (non-hydrogen) atoms. The van der Waals surface area contributed by atoms with Crippen LogP contribution in [0.4, 0.5) is 13.2 Å². The highest BCUT2D eigenvalue weighted by Gasteiger charge is 2.33. The van der Waals surface area contributed by atoms with Crippen LogP contribution < -0.4 is 5.32 Å². The number of benzene rings is 1. The van der Waals surface area contributed by atoms with Crippen molar-refractivity contribution in [2.45, 2.75) is 18.5 Å². The number of carbonyl (C=O) groups is 1. The molecule has 0 saturated heterocycles. The summed E-state index contributed by atoms with van der Waals surface area (Å²) in [7, 11) is 0. The first-order valence-corrected chi connectivity index (χ1v) is 9.54. The molecular weight excluding hydrogens is 389 g/mol. The first kappa shape index (κ1) is 19.9. The van der Waals surface area contributed by atoms with Gasteiger partial charge < -0.3 is 5.32 Å². The normalized spacial score (nSPS) is 11.4. The summed E-state index contributed by atoms with van der Waals surface area (Å²) in [6.07, 6.45) is -1.49. The Hall–Kier alpha value is -2.81. The maximum absolute atomic E-state index is 12.6. The maximum Gasteiger partial charge on any atom is 0.435 e. The summed E-state index contributed by atoms with van der Waals surface area (Å²) >= 11 is 1.48. The van der Waals surface area contributed by atoms with Crippen molar-refractivity contribution < 1.29 is 18.0 Å². The van der Waals surface area contributed by atoms with Gasteiger partial charge in [-0.3, -0.25) is 9.78 Å². The third kappa shape index (κ3) is 5.59. The summed E-state index contributed by atoms with van der Waals surface area (Å²) < 4.78 is 39.0. The van der Waals surface area contributed by atoms with E-state index in [4.69, 9.17) is 0 Å². The van der Waals surface area contributed by atoms with Crippen molar-refractivity contribution in [2.24, 2.45) is 0 Å². The van der Waals surface area contributed by atoms with Gasteiger partial charge in [0.15, 0.2) is 5.69 Å². The number of rotatable bonds is 7. The van der Waals surface area contributed by atoms with Crippen molar-refractivity contribution in [3.05, 3.63) is 77.9 Å². The lowest BCUT2D eigenvalue weighted by Crippen LogP contribution is -2.24. The van der Waals surface area contributed by atoms with Crippen LogP contribution >= 0.6 is 11.8 Å². The van der Waals surface area contributed by atoms with Gasteiger partial charge in [-0.05, 0) is 35.9 Å². The van der Waals surface area contributed by atoms with Crippen LogP contribution in [0.5, 0.6) is 0 Å². The first-order chi connectivity index (χ1) is 13.4. The molecule has 3 aromatic rings. The van der Waals surface area contributed by atoms with Crippen LogP contribution in [0.25, 0.3) is 5.69 Å². The molecule has 146 valence electrons. The van der Waals surface area contributed by atoms with E-state index in [1.54, 1.807) is 30.5 Å². The van der Waals surface area contributed by atoms with E-state index in [0.29, 0.717) is 23.7 Å². The van der Waals surface area contributed by atoms with E-state index in [1.807, 2.05) is 18.2 Å². The molecular formula is C19H17F3N4OS. The van der Waals surface area contributed by atoms with Crippen molar-refractivity contribution >= 4 is 17.7 Å². The predicted octanol–water partition coefficient (Wildman–Crippen LogP) is 3.84. The number of nitrogens with zero attached hydrogens (tertiary/aromatic N) is 3. The third-order valence-electron chi connectivity index (χ3n) is 3.78. The summed E-state index contributed by atoms with van der Waals surface area (Å²) in [5, 5.41) is 6.35. The van der Waals surface area contributed by atoms with E-state index in [-0.39, 0.29) is 5.91 Å². The van der Waals surface area contributed by atoms with Gasteiger partial charge in [0, 0.05) is 24.7 Å². The van der Waals surface area contributed by atoms with Crippen molar-refractivity contribution in [1.29, 1.82) is 0 Å². The summed E-state index contributed by atoms with van der Waals surface area (Å²) in [5.41, 5.74) is 1.33. The zero-order chi connectivity index (χ0) is 20.0. The highest BCUT2D eigenvalue weighted by molar-refractivity contribution is 7.99. The number of thioether (sulfide) groups is 1. The summed E-state index contributed by atoms with van der Waals surface area (Å²) in [6, 6.07) is 13.4. The fourth-order valence-electron chi connectivity index (χ4n) is 2.37. The quantitative estimate of drug-likeness (QED) is 0.648. The Morgan fingerprint density at radius 2 is 1.89 bits per heavy atom. The summed E-state index contributed by atoms with van der Waals surface area (Å²) in [4.78, 5) is 16.1. The van der Waals surface area contributed by atoms with Crippen LogP contribution in [0.2, 0.25) is 0 Å². The first-order valence-electron chi connectivity index (χ1n) is 8.38. The Bertz CT molecular complexity index is 911. The molecule has 0 radical (unpaired) electrons. The zero-order valence-electron chi connectivity index (χ0n) is 14.7. The zero-order valence-corrected chi connectivity index (χ0v) is 15.5. The molecule has 0 bridgehead atoms. The second kappa shape index (κ2) is 8.92. The molecule has 0 aliphatic rings. The second-order valence-electron chi connectivity index (χ2n) is 5.90. The van der Waals surface area contributed by atoms with E-state index < -0.39 is 11.9 Å². The molecule has 0 saturated carbocycles. The molecule has 0 aliphatic carbocycles. The van der Waals surface area contributed by atoms with Crippen LogP contribution in [-0.2, 0) is 23.3 Å². The van der Waals surface area contributed by atoms with E-state index in [1.165, 1.54) is 22.6 Å². The Morgan fingerprint density at radius 3 is 2.54 bits per heavy atom. The smallest absolute Gasteiger partial charge is 0.351 e. The largest absolute Gasteiger partial charge is 0.435 e. The number of amides is 1. The molecule has 1 aromatic carbocycles. The topological polar surface area (TPSA) is 59.8 Å². The highest BCUT2D eigenvalue weighted by atomic mass is 32.2. The molecule has 0 aliphatic heterocycles. The number of nitrogens with one attached hydrogen (secondary N) is 1. The van der Waals surface area contributed by atoms with Crippen molar-refractivity contribution in [2.75, 3.05) is 5.75 Å². The lowest BCUT2D eigenvalue weighted by atomic mass is 10.2. The Morgan fingerprint density at radius 1 is 1.11 bits per heavy atom. The lowest BCUT2D eigenvalue weighted by molar-refractivity contribution is -0.141. The SMILES string of the molecule is O=C(CSCc1ccccn1)NCc1ccc(-n2ccc(C(F)(F)F)n2)cc1. The number of aromatic nitrogens is 3. The minimum Gasteiger partial charge on any atom is -0.351 e. The van der Waals surface area contributed by atoms with E-state index in [9.17, 15) is 18.0 Å². The number of hydrogen-bond donors (Lipinski definition) is 1. The second-order valence-corrected chi connectivity index (χ2v) is 6.89. The van der Waals surface area contributed by atoms with Crippen LogP contribution in [0, 0.1) is 0 Å². The van der Waals surface area contributed by atoms with Gasteiger partial charge in [-0.25, -0.2) is 4.68 Å². The van der Waals surface area contributed by atoms with Crippen LogP contribution in [0.3, 0.4) is 0 Å². The molecule has 9 heteroatoms. The van der Waals surface area contributed by atoms with Crippen LogP contribution in [0.15, 0.2) is 60.9 Å². The van der Waals surface area contributed by atoms with E-state index >= 15 is 0 Å². The average Bonchev–Trinajstić information content (AvgIpc) is 3.18. The molecule has 0 spiro atoms. The molecule has 5 nitrogen and oxygen atoms in total. The number of carbonyl (C=O) groups excluding carboxylic acids is 1. The molecule has 2 heterocycles. The molecule has 0 atom stereocenters. The molecule has 3 rings (SSSR count). The lowest BCUT2D eigenvalue weighted by Gasteiger charge is -2.07. The fourth-order valence-corrected chi connectivity index (χ4v) is 3.14. The van der Waals surface area contributed by atoms with Gasteiger partial charge in [0.05, 0.1) is 17.1 Å². The molecule has 2 aromatic heterocycles. The van der Waals surface area contributed by atoms with Gasteiger partial charge in [0.2, 0.25) is 5.91 Å². The van der Waals surface area contributed by atoms with Crippen molar-refractivity contribution in [3.63, 3.8) is 0 Å². The number of hydrogen-bond acceptors (Lipinski definition) is 4. The highest BCUT2D eigenvalue weighted by Crippen LogP contribution is 2.27. The van der Waals surface area contributed by atoms with Gasteiger partial charge in [-0.15, -0.1) is 11.8 Å². The fraction of sp³-hybridized carbons (Fsp3) is 0.211. The van der Waals surface area contributed by atoms with E-state index in [0.717, 1.165) is 17.3 Å². The van der Waals surface area contributed by atoms with Gasteiger partial charge in [0.1, 0.15) is 0 Å². The van der Waals surface area contributed by atoms with Gasteiger partial charge >= 0.3 is 6.18 Å². The van der Waals surface area contributed by atoms with Crippen molar-refractivity contribution in [1.82, 2.24) is 20.1 Å². The average molecular weight is 406 g/mol. The van der Waals surface area contributed by atoms with Gasteiger partial charge in [-0.2, -0.15) is 18.3 Å². The number of alkyl halides is 3.